The molecule has 0 saturated heterocycles. The van der Waals surface area contributed by atoms with Gasteiger partial charge in [-0.15, -0.1) is 11.3 Å². The summed E-state index contributed by atoms with van der Waals surface area (Å²) in [5, 5.41) is 1.84. The Labute approximate surface area is 161 Å². The summed E-state index contributed by atoms with van der Waals surface area (Å²) in [7, 11) is 0. The van der Waals surface area contributed by atoms with Crippen molar-refractivity contribution in [3.63, 3.8) is 0 Å². The Morgan fingerprint density at radius 1 is 1.50 bits per heavy atom. The third-order valence-electron chi connectivity index (χ3n) is 4.99. The van der Waals surface area contributed by atoms with Crippen LogP contribution in [0.4, 0.5) is 0 Å². The molecular formula is C19H24N4OS2. The van der Waals surface area contributed by atoms with Crippen LogP contribution in [0.3, 0.4) is 0 Å². The van der Waals surface area contributed by atoms with Crippen molar-refractivity contribution in [3.8, 4) is 0 Å². The van der Waals surface area contributed by atoms with Crippen molar-refractivity contribution >= 4 is 33.3 Å². The average Bonchev–Trinajstić information content (AvgIpc) is 3.18. The number of hydrogen-bond acceptors (Lipinski definition) is 5. The SMILES string of the molecule is CCCn1ccnc1SC(C)c1nc2sc3c(c2c(=O)[nH]1)CCC(C)C3. The van der Waals surface area contributed by atoms with E-state index in [-0.39, 0.29) is 10.8 Å². The maximum absolute atomic E-state index is 12.8. The third kappa shape index (κ3) is 3.22. The van der Waals surface area contributed by atoms with Gasteiger partial charge in [0.25, 0.3) is 5.56 Å². The molecule has 3 heterocycles. The topological polar surface area (TPSA) is 63.6 Å². The summed E-state index contributed by atoms with van der Waals surface area (Å²) in [6.07, 6.45) is 8.14. The molecule has 26 heavy (non-hydrogen) atoms. The van der Waals surface area contributed by atoms with Gasteiger partial charge in [0.05, 0.1) is 10.6 Å². The van der Waals surface area contributed by atoms with Gasteiger partial charge in [0.1, 0.15) is 10.7 Å². The Balaban J connectivity index is 1.66. The zero-order valence-electron chi connectivity index (χ0n) is 15.4. The first-order valence-corrected chi connectivity index (χ1v) is 11.0. The van der Waals surface area contributed by atoms with Gasteiger partial charge in [-0.1, -0.05) is 25.6 Å². The molecule has 0 amide bonds. The number of H-pyrrole nitrogens is 1. The molecule has 5 nitrogen and oxygen atoms in total. The highest BCUT2D eigenvalue weighted by atomic mass is 32.2. The number of aryl methyl sites for hydroxylation is 2. The predicted molar refractivity (Wildman–Crippen MR) is 108 cm³/mol. The van der Waals surface area contributed by atoms with Gasteiger partial charge in [0, 0.05) is 23.8 Å². The van der Waals surface area contributed by atoms with Crippen LogP contribution in [0.2, 0.25) is 0 Å². The van der Waals surface area contributed by atoms with E-state index in [0.717, 1.165) is 53.4 Å². The lowest BCUT2D eigenvalue weighted by molar-refractivity contribution is 0.509. The van der Waals surface area contributed by atoms with Crippen molar-refractivity contribution in [1.29, 1.82) is 0 Å². The number of aromatic nitrogens is 4. The second-order valence-corrected chi connectivity index (χ2v) is 9.54. The Kier molecular flexibility index (Phi) is 4.92. The van der Waals surface area contributed by atoms with E-state index in [0.29, 0.717) is 5.92 Å². The van der Waals surface area contributed by atoms with E-state index in [9.17, 15) is 4.79 Å². The lowest BCUT2D eigenvalue weighted by atomic mass is 9.89. The fourth-order valence-electron chi connectivity index (χ4n) is 3.60. The maximum Gasteiger partial charge on any atom is 0.259 e. The molecule has 3 aromatic rings. The Morgan fingerprint density at radius 3 is 3.15 bits per heavy atom. The second kappa shape index (κ2) is 7.19. The smallest absolute Gasteiger partial charge is 0.259 e. The lowest BCUT2D eigenvalue weighted by Crippen LogP contribution is -2.15. The van der Waals surface area contributed by atoms with Crippen molar-refractivity contribution in [2.75, 3.05) is 0 Å². The van der Waals surface area contributed by atoms with Gasteiger partial charge in [0.2, 0.25) is 0 Å². The zero-order chi connectivity index (χ0) is 18.3. The van der Waals surface area contributed by atoms with Gasteiger partial charge in [-0.3, -0.25) is 4.79 Å². The largest absolute Gasteiger partial charge is 0.326 e. The number of nitrogens with zero attached hydrogens (tertiary/aromatic N) is 3. The van der Waals surface area contributed by atoms with Crippen molar-refractivity contribution in [1.82, 2.24) is 19.5 Å². The maximum atomic E-state index is 12.8. The zero-order valence-corrected chi connectivity index (χ0v) is 17.0. The first kappa shape index (κ1) is 17.8. The molecular weight excluding hydrogens is 364 g/mol. The molecule has 1 N–H and O–H groups in total. The molecule has 0 aliphatic heterocycles. The van der Waals surface area contributed by atoms with Crippen molar-refractivity contribution < 1.29 is 0 Å². The van der Waals surface area contributed by atoms with Crippen molar-refractivity contribution in [2.24, 2.45) is 5.92 Å². The van der Waals surface area contributed by atoms with Crippen LogP contribution < -0.4 is 5.56 Å². The number of hydrogen-bond donors (Lipinski definition) is 1. The summed E-state index contributed by atoms with van der Waals surface area (Å²) in [5.41, 5.74) is 1.25. The molecule has 1 aliphatic rings. The molecule has 2 atom stereocenters. The highest BCUT2D eigenvalue weighted by Crippen LogP contribution is 2.37. The molecule has 0 fully saturated rings. The van der Waals surface area contributed by atoms with Crippen LogP contribution in [-0.2, 0) is 19.4 Å². The molecule has 0 saturated carbocycles. The molecule has 1 aliphatic carbocycles. The van der Waals surface area contributed by atoms with Crippen LogP contribution in [0, 0.1) is 5.92 Å². The number of rotatable bonds is 5. The van der Waals surface area contributed by atoms with E-state index in [2.05, 4.69) is 35.3 Å². The van der Waals surface area contributed by atoms with Crippen LogP contribution >= 0.6 is 23.1 Å². The number of aromatic amines is 1. The summed E-state index contributed by atoms with van der Waals surface area (Å²) in [6, 6.07) is 0. The molecule has 0 radical (unpaired) electrons. The fraction of sp³-hybridized carbons (Fsp3) is 0.526. The van der Waals surface area contributed by atoms with Crippen LogP contribution in [0.1, 0.15) is 55.1 Å². The summed E-state index contributed by atoms with van der Waals surface area (Å²) in [6.45, 7) is 7.47. The van der Waals surface area contributed by atoms with Gasteiger partial charge in [-0.25, -0.2) is 9.97 Å². The molecule has 2 unspecified atom stereocenters. The quantitative estimate of drug-likeness (QED) is 0.650. The number of nitrogens with one attached hydrogen (secondary N) is 1. The molecule has 138 valence electrons. The van der Waals surface area contributed by atoms with E-state index in [1.807, 2.05) is 12.4 Å². The predicted octanol–water partition coefficient (Wildman–Crippen LogP) is 4.57. The monoisotopic (exact) mass is 388 g/mol. The van der Waals surface area contributed by atoms with Crippen LogP contribution in [0.25, 0.3) is 10.2 Å². The Hall–Kier alpha value is -1.60. The highest BCUT2D eigenvalue weighted by molar-refractivity contribution is 7.99. The van der Waals surface area contributed by atoms with Gasteiger partial charge < -0.3 is 9.55 Å². The number of fused-ring (bicyclic) bond motifs is 3. The Bertz CT molecular complexity index is 987. The molecule has 0 bridgehead atoms. The van der Waals surface area contributed by atoms with E-state index in [4.69, 9.17) is 4.98 Å². The van der Waals surface area contributed by atoms with Crippen molar-refractivity contribution in [2.45, 2.75) is 63.4 Å². The first-order valence-electron chi connectivity index (χ1n) is 9.29. The van der Waals surface area contributed by atoms with E-state index < -0.39 is 0 Å². The van der Waals surface area contributed by atoms with Gasteiger partial charge >= 0.3 is 0 Å². The van der Waals surface area contributed by atoms with E-state index in [1.165, 1.54) is 10.4 Å². The number of thioether (sulfide) groups is 1. The van der Waals surface area contributed by atoms with Gasteiger partial charge in [0.15, 0.2) is 5.16 Å². The summed E-state index contributed by atoms with van der Waals surface area (Å²) < 4.78 is 2.16. The van der Waals surface area contributed by atoms with Crippen LogP contribution in [0.15, 0.2) is 22.3 Å². The highest BCUT2D eigenvalue weighted by Gasteiger charge is 2.24. The molecule has 0 spiro atoms. The molecule has 0 aromatic carbocycles. The van der Waals surface area contributed by atoms with Gasteiger partial charge in [-0.2, -0.15) is 0 Å². The first-order chi connectivity index (χ1) is 12.6. The molecule has 7 heteroatoms. The van der Waals surface area contributed by atoms with Gasteiger partial charge in [-0.05, 0) is 44.1 Å². The minimum atomic E-state index is 0.0152. The van der Waals surface area contributed by atoms with E-state index >= 15 is 0 Å². The lowest BCUT2D eigenvalue weighted by Gasteiger charge is -2.17. The van der Waals surface area contributed by atoms with E-state index in [1.54, 1.807) is 23.1 Å². The summed E-state index contributed by atoms with van der Waals surface area (Å²) in [4.78, 5) is 27.3. The normalized spacial score (nSPS) is 18.2. The minimum absolute atomic E-state index is 0.0152. The number of imidazole rings is 1. The standard InChI is InChI=1S/C19H24N4OS2/c1-4-8-23-9-7-20-19(23)25-12(3)16-21-17(24)15-13-6-5-11(2)10-14(13)26-18(15)22-16/h7,9,11-12H,4-6,8,10H2,1-3H3,(H,21,22,24). The summed E-state index contributed by atoms with van der Waals surface area (Å²) >= 11 is 3.35. The van der Waals surface area contributed by atoms with Crippen LogP contribution in [-0.4, -0.2) is 19.5 Å². The Morgan fingerprint density at radius 2 is 2.35 bits per heavy atom. The molecule has 4 rings (SSSR count). The number of thiophene rings is 1. The van der Waals surface area contributed by atoms with Crippen molar-refractivity contribution in [3.05, 3.63) is 39.0 Å². The summed E-state index contributed by atoms with van der Waals surface area (Å²) in [5.74, 6) is 1.44. The molecule has 3 aromatic heterocycles. The fourth-order valence-corrected chi connectivity index (χ4v) is 5.94. The van der Waals surface area contributed by atoms with Crippen LogP contribution in [0.5, 0.6) is 0 Å². The average molecular weight is 389 g/mol. The minimum Gasteiger partial charge on any atom is -0.326 e. The second-order valence-electron chi connectivity index (χ2n) is 7.15. The third-order valence-corrected chi connectivity index (χ3v) is 7.27.